The van der Waals surface area contributed by atoms with Crippen molar-refractivity contribution in [2.24, 2.45) is 0 Å². The second kappa shape index (κ2) is 8.16. The first-order chi connectivity index (χ1) is 8.40. The van der Waals surface area contributed by atoms with Gasteiger partial charge in [0.15, 0.2) is 5.78 Å². The van der Waals surface area contributed by atoms with Crippen LogP contribution in [0.3, 0.4) is 0 Å². The van der Waals surface area contributed by atoms with E-state index in [4.69, 9.17) is 9.79 Å². The largest absolute Gasteiger partial charge is 0.469 e. The Morgan fingerprint density at radius 1 is 1.28 bits per heavy atom. The molecule has 0 atom stereocenters. The predicted octanol–water partition coefficient (Wildman–Crippen LogP) is 2.57. The molecule has 0 aliphatic rings. The summed E-state index contributed by atoms with van der Waals surface area (Å²) in [5, 5.41) is 0. The maximum Gasteiger partial charge on any atom is 0.469 e. The normalized spacial score (nSPS) is 10.5. The molecule has 0 bridgehead atoms. The van der Waals surface area contributed by atoms with Crippen LogP contribution in [-0.2, 0) is 15.5 Å². The molecule has 0 heterocycles. The number of ketones is 1. The molecule has 0 aromatic heterocycles. The zero-order valence-corrected chi connectivity index (χ0v) is 11.7. The molecule has 1 aromatic carbocycles. The van der Waals surface area contributed by atoms with E-state index < -0.39 is 7.82 Å². The number of phosphoric ester groups is 1. The third-order valence-corrected chi connectivity index (χ3v) is 2.55. The molecule has 1 aromatic rings. The summed E-state index contributed by atoms with van der Waals surface area (Å²) in [6.45, 7) is 5.33. The summed E-state index contributed by atoms with van der Waals surface area (Å²) in [4.78, 5) is 28.2. The van der Waals surface area contributed by atoms with E-state index in [0.29, 0.717) is 12.0 Å². The van der Waals surface area contributed by atoms with Crippen molar-refractivity contribution in [2.45, 2.75) is 27.2 Å². The van der Waals surface area contributed by atoms with E-state index in [1.807, 2.05) is 13.8 Å². The molecule has 0 aliphatic heterocycles. The van der Waals surface area contributed by atoms with E-state index in [-0.39, 0.29) is 12.4 Å². The monoisotopic (exact) mass is 274 g/mol. The van der Waals surface area contributed by atoms with E-state index >= 15 is 0 Å². The highest BCUT2D eigenvalue weighted by Gasteiger charge is 2.14. The van der Waals surface area contributed by atoms with Crippen molar-refractivity contribution in [3.8, 4) is 0 Å². The minimum atomic E-state index is -4.43. The highest BCUT2D eigenvalue weighted by atomic mass is 31.2. The Morgan fingerprint density at radius 3 is 2.33 bits per heavy atom. The Kier molecular flexibility index (Phi) is 7.71. The van der Waals surface area contributed by atoms with E-state index in [0.717, 1.165) is 5.56 Å². The van der Waals surface area contributed by atoms with Gasteiger partial charge in [-0.15, -0.1) is 0 Å². The first kappa shape index (κ1) is 17.0. The molecular weight excluding hydrogens is 255 g/mol. The fourth-order valence-electron chi connectivity index (χ4n) is 1.36. The summed E-state index contributed by atoms with van der Waals surface area (Å²) in [5.74, 6) is -0.0771. The van der Waals surface area contributed by atoms with Crippen molar-refractivity contribution < 1.29 is 23.7 Å². The zero-order valence-electron chi connectivity index (χ0n) is 10.8. The summed E-state index contributed by atoms with van der Waals surface area (Å²) in [6.07, 6.45) is 0.293. The van der Waals surface area contributed by atoms with Crippen LogP contribution in [0.5, 0.6) is 0 Å². The molecular formula is C12H19O5P. The number of phosphoric acid groups is 1. The van der Waals surface area contributed by atoms with Crippen LogP contribution < -0.4 is 0 Å². The van der Waals surface area contributed by atoms with Crippen molar-refractivity contribution >= 4 is 13.6 Å². The van der Waals surface area contributed by atoms with Gasteiger partial charge in [0.1, 0.15) is 0 Å². The van der Waals surface area contributed by atoms with Crippen LogP contribution in [0.25, 0.3) is 0 Å². The van der Waals surface area contributed by atoms with Crippen molar-refractivity contribution in [1.29, 1.82) is 0 Å². The zero-order chi connectivity index (χ0) is 14.2. The van der Waals surface area contributed by atoms with Gasteiger partial charge in [-0.3, -0.25) is 9.32 Å². The molecule has 5 nitrogen and oxygen atoms in total. The maximum absolute atomic E-state index is 11.2. The molecule has 0 amide bonds. The van der Waals surface area contributed by atoms with E-state index in [9.17, 15) is 9.36 Å². The third-order valence-electron chi connectivity index (χ3n) is 2.03. The van der Waals surface area contributed by atoms with Gasteiger partial charge in [-0.05, 0) is 18.9 Å². The van der Waals surface area contributed by atoms with Gasteiger partial charge in [0, 0.05) is 5.56 Å². The summed E-state index contributed by atoms with van der Waals surface area (Å²) in [7, 11) is -4.43. The molecule has 1 rings (SSSR count). The van der Waals surface area contributed by atoms with Gasteiger partial charge in [-0.25, -0.2) is 4.57 Å². The Hall–Kier alpha value is -1.00. The average molecular weight is 274 g/mol. The first-order valence-electron chi connectivity index (χ1n) is 5.69. The summed E-state index contributed by atoms with van der Waals surface area (Å²) in [6, 6.07) is 6.91. The van der Waals surface area contributed by atoms with Crippen molar-refractivity contribution in [3.05, 3.63) is 35.4 Å². The third kappa shape index (κ3) is 6.67. The lowest BCUT2D eigenvalue weighted by atomic mass is 10.0. The Balaban J connectivity index is 0.00000137. The van der Waals surface area contributed by atoms with Crippen LogP contribution in [0.15, 0.2) is 24.3 Å². The Labute approximate surface area is 107 Å². The summed E-state index contributed by atoms with van der Waals surface area (Å²) < 4.78 is 14.8. The lowest BCUT2D eigenvalue weighted by Crippen LogP contribution is -2.03. The lowest BCUT2D eigenvalue weighted by Gasteiger charge is -2.07. The van der Waals surface area contributed by atoms with E-state index in [2.05, 4.69) is 4.52 Å². The van der Waals surface area contributed by atoms with Crippen LogP contribution in [0.2, 0.25) is 0 Å². The fourth-order valence-corrected chi connectivity index (χ4v) is 1.69. The second-order valence-corrected chi connectivity index (χ2v) is 4.53. The smallest absolute Gasteiger partial charge is 0.303 e. The highest BCUT2D eigenvalue weighted by molar-refractivity contribution is 7.46. The van der Waals surface area contributed by atoms with Gasteiger partial charge in [0.05, 0.1) is 6.61 Å². The molecule has 0 unspecified atom stereocenters. The van der Waals surface area contributed by atoms with Crippen molar-refractivity contribution in [1.82, 2.24) is 0 Å². The van der Waals surface area contributed by atoms with Crippen molar-refractivity contribution in [2.75, 3.05) is 6.61 Å². The molecule has 102 valence electrons. The Bertz CT molecular complexity index is 424. The van der Waals surface area contributed by atoms with E-state index in [1.165, 1.54) is 6.92 Å². The highest BCUT2D eigenvalue weighted by Crippen LogP contribution is 2.35. The molecule has 0 saturated carbocycles. The quantitative estimate of drug-likeness (QED) is 0.636. The number of benzene rings is 1. The van der Waals surface area contributed by atoms with Crippen LogP contribution in [0.1, 0.15) is 36.7 Å². The number of rotatable bonds is 5. The van der Waals surface area contributed by atoms with Gasteiger partial charge >= 0.3 is 7.82 Å². The lowest BCUT2D eigenvalue weighted by molar-refractivity contribution is 0.101. The predicted molar refractivity (Wildman–Crippen MR) is 69.5 cm³/mol. The van der Waals surface area contributed by atoms with Gasteiger partial charge in [-0.1, -0.05) is 38.1 Å². The molecule has 0 saturated heterocycles. The van der Waals surface area contributed by atoms with Crippen LogP contribution >= 0.6 is 7.82 Å². The summed E-state index contributed by atoms with van der Waals surface area (Å²) in [5.41, 5.74) is 1.28. The molecule has 0 spiro atoms. The molecule has 2 N–H and O–H groups in total. The van der Waals surface area contributed by atoms with Gasteiger partial charge < -0.3 is 9.79 Å². The molecule has 6 heteroatoms. The summed E-state index contributed by atoms with van der Waals surface area (Å²) >= 11 is 0. The van der Waals surface area contributed by atoms with Gasteiger partial charge in [0.25, 0.3) is 0 Å². The average Bonchev–Trinajstić information content (AvgIpc) is 2.30. The van der Waals surface area contributed by atoms with E-state index in [1.54, 1.807) is 24.3 Å². The van der Waals surface area contributed by atoms with Crippen LogP contribution in [0.4, 0.5) is 0 Å². The SMILES string of the molecule is CC.CC(=O)c1ccccc1CCOP(=O)(O)O. The molecule has 18 heavy (non-hydrogen) atoms. The maximum atomic E-state index is 11.2. The number of Topliss-reactive ketones (excluding diaryl/α,β-unsaturated/α-hetero) is 1. The number of carbonyl (C=O) groups is 1. The van der Waals surface area contributed by atoms with Crippen LogP contribution in [-0.4, -0.2) is 22.2 Å². The molecule has 0 radical (unpaired) electrons. The number of hydrogen-bond donors (Lipinski definition) is 2. The standard InChI is InChI=1S/C10H13O5P.C2H6/c1-8(11)10-5-3-2-4-9(10)6-7-15-16(12,13)14;1-2/h2-5H,6-7H2,1H3,(H2,12,13,14);1-2H3. The minimum Gasteiger partial charge on any atom is -0.303 e. The molecule has 0 fully saturated rings. The fraction of sp³-hybridized carbons (Fsp3) is 0.417. The second-order valence-electron chi connectivity index (χ2n) is 3.29. The van der Waals surface area contributed by atoms with Crippen LogP contribution in [0, 0.1) is 0 Å². The minimum absolute atomic E-state index is 0.0771. The number of carbonyl (C=O) groups excluding carboxylic acids is 1. The number of hydrogen-bond acceptors (Lipinski definition) is 3. The van der Waals surface area contributed by atoms with Crippen molar-refractivity contribution in [3.63, 3.8) is 0 Å². The molecule has 0 aliphatic carbocycles. The first-order valence-corrected chi connectivity index (χ1v) is 7.22. The van der Waals surface area contributed by atoms with Gasteiger partial charge in [-0.2, -0.15) is 0 Å². The Morgan fingerprint density at radius 2 is 1.83 bits per heavy atom. The topological polar surface area (TPSA) is 83.8 Å². The van der Waals surface area contributed by atoms with Gasteiger partial charge in [0.2, 0.25) is 0 Å².